The molecule has 4 amide bonds. The van der Waals surface area contributed by atoms with E-state index in [0.717, 1.165) is 30.6 Å². The van der Waals surface area contributed by atoms with Crippen molar-refractivity contribution in [3.8, 4) is 0 Å². The highest BCUT2D eigenvalue weighted by Crippen LogP contribution is 2.24. The molecule has 0 bridgehead atoms. The van der Waals surface area contributed by atoms with Crippen molar-refractivity contribution >= 4 is 17.8 Å². The molecule has 6 nitrogen and oxygen atoms in total. The minimum atomic E-state index is -0.370. The maximum Gasteiger partial charge on any atom is 0.324 e. The van der Waals surface area contributed by atoms with E-state index in [2.05, 4.69) is 10.6 Å². The Morgan fingerprint density at radius 1 is 1.35 bits per heavy atom. The number of imide groups is 1. The van der Waals surface area contributed by atoms with Crippen molar-refractivity contribution in [3.63, 3.8) is 0 Å². The average molecular weight is 239 g/mol. The van der Waals surface area contributed by atoms with E-state index in [9.17, 15) is 14.4 Å². The van der Waals surface area contributed by atoms with Gasteiger partial charge in [-0.15, -0.1) is 0 Å². The molecule has 1 heterocycles. The van der Waals surface area contributed by atoms with Gasteiger partial charge in [0.15, 0.2) is 0 Å². The molecule has 1 aliphatic heterocycles. The van der Waals surface area contributed by atoms with Gasteiger partial charge >= 0.3 is 6.03 Å². The third-order valence-corrected chi connectivity index (χ3v) is 3.30. The van der Waals surface area contributed by atoms with Gasteiger partial charge in [-0.05, 0) is 12.8 Å². The molecular weight excluding hydrogens is 222 g/mol. The number of amides is 4. The van der Waals surface area contributed by atoms with Crippen molar-refractivity contribution in [2.75, 3.05) is 19.6 Å². The fourth-order valence-electron chi connectivity index (χ4n) is 2.30. The summed E-state index contributed by atoms with van der Waals surface area (Å²) in [6, 6.07) is -0.370. The predicted octanol–water partition coefficient (Wildman–Crippen LogP) is -0.155. The average Bonchev–Trinajstić information content (AvgIpc) is 2.93. The summed E-state index contributed by atoms with van der Waals surface area (Å²) in [5.74, 6) is -0.0576. The number of nitrogens with one attached hydrogen (secondary N) is 2. The molecule has 1 saturated carbocycles. The number of hydrogen-bond donors (Lipinski definition) is 2. The molecule has 0 aromatic carbocycles. The lowest BCUT2D eigenvalue weighted by molar-refractivity contribution is -0.127. The quantitative estimate of drug-likeness (QED) is 0.669. The van der Waals surface area contributed by atoms with Gasteiger partial charge in [0.25, 0.3) is 0 Å². The second-order valence-electron chi connectivity index (χ2n) is 4.48. The summed E-state index contributed by atoms with van der Waals surface area (Å²) in [5, 5.41) is 5.22. The molecule has 0 atom stereocenters. The van der Waals surface area contributed by atoms with E-state index in [-0.39, 0.29) is 36.9 Å². The lowest BCUT2D eigenvalue weighted by Gasteiger charge is -2.14. The molecule has 0 radical (unpaired) electrons. The summed E-state index contributed by atoms with van der Waals surface area (Å²) in [6.45, 7) is 0.660. The van der Waals surface area contributed by atoms with Crippen molar-refractivity contribution in [1.29, 1.82) is 0 Å². The van der Waals surface area contributed by atoms with Gasteiger partial charge in [-0.25, -0.2) is 4.79 Å². The van der Waals surface area contributed by atoms with Crippen LogP contribution in [0.25, 0.3) is 0 Å². The molecule has 1 aliphatic carbocycles. The van der Waals surface area contributed by atoms with Crippen LogP contribution in [-0.4, -0.2) is 42.4 Å². The van der Waals surface area contributed by atoms with Gasteiger partial charge < -0.3 is 10.6 Å². The summed E-state index contributed by atoms with van der Waals surface area (Å²) >= 11 is 0. The first-order valence-corrected chi connectivity index (χ1v) is 6.04. The molecule has 1 saturated heterocycles. The number of carbonyl (C=O) groups excluding carboxylic acids is 3. The molecule has 0 unspecified atom stereocenters. The van der Waals surface area contributed by atoms with Crippen LogP contribution in [0.15, 0.2) is 0 Å². The van der Waals surface area contributed by atoms with Crippen LogP contribution in [-0.2, 0) is 9.59 Å². The molecule has 17 heavy (non-hydrogen) atoms. The maximum atomic E-state index is 11.7. The summed E-state index contributed by atoms with van der Waals surface area (Å²) in [7, 11) is 0. The fourth-order valence-corrected chi connectivity index (χ4v) is 2.30. The van der Waals surface area contributed by atoms with E-state index >= 15 is 0 Å². The lowest BCUT2D eigenvalue weighted by Crippen LogP contribution is -2.40. The SMILES string of the molecule is O=C(NCCN1C(=O)CNC1=O)C1CCCC1. The summed E-state index contributed by atoms with van der Waals surface area (Å²) in [6.07, 6.45) is 4.14. The largest absolute Gasteiger partial charge is 0.354 e. The van der Waals surface area contributed by atoms with E-state index in [1.807, 2.05) is 0 Å². The predicted molar refractivity (Wildman–Crippen MR) is 60.1 cm³/mol. The highest BCUT2D eigenvalue weighted by atomic mass is 16.2. The number of urea groups is 1. The Kier molecular flexibility index (Phi) is 3.61. The Bertz CT molecular complexity index is 321. The zero-order chi connectivity index (χ0) is 12.3. The number of hydrogen-bond acceptors (Lipinski definition) is 3. The standard InChI is InChI=1S/C11H17N3O3/c15-9-7-13-11(17)14(9)6-5-12-10(16)8-3-1-2-4-8/h8H,1-7H2,(H,12,16)(H,13,17). The molecule has 2 fully saturated rings. The van der Waals surface area contributed by atoms with Crippen LogP contribution in [0.3, 0.4) is 0 Å². The summed E-state index contributed by atoms with van der Waals surface area (Å²) in [4.78, 5) is 35.2. The van der Waals surface area contributed by atoms with Gasteiger partial charge in [-0.2, -0.15) is 0 Å². The minimum Gasteiger partial charge on any atom is -0.354 e. The first-order chi connectivity index (χ1) is 8.18. The van der Waals surface area contributed by atoms with Gasteiger partial charge in [0.05, 0.1) is 6.54 Å². The first kappa shape index (κ1) is 11.9. The van der Waals surface area contributed by atoms with Crippen LogP contribution in [0.1, 0.15) is 25.7 Å². The van der Waals surface area contributed by atoms with E-state index in [1.54, 1.807) is 0 Å². The molecule has 0 aromatic rings. The van der Waals surface area contributed by atoms with Crippen LogP contribution < -0.4 is 10.6 Å². The molecule has 0 aromatic heterocycles. The van der Waals surface area contributed by atoms with E-state index in [0.29, 0.717) is 6.54 Å². The normalized spacial score (nSPS) is 20.8. The Hall–Kier alpha value is -1.59. The zero-order valence-corrected chi connectivity index (χ0v) is 9.70. The molecule has 2 aliphatic rings. The van der Waals surface area contributed by atoms with Gasteiger partial charge in [-0.3, -0.25) is 14.5 Å². The molecular formula is C11H17N3O3. The van der Waals surface area contributed by atoms with E-state index in [1.165, 1.54) is 0 Å². The van der Waals surface area contributed by atoms with Crippen LogP contribution in [0.4, 0.5) is 4.79 Å². The van der Waals surface area contributed by atoms with E-state index < -0.39 is 0 Å². The second-order valence-corrected chi connectivity index (χ2v) is 4.48. The van der Waals surface area contributed by atoms with E-state index in [4.69, 9.17) is 0 Å². The van der Waals surface area contributed by atoms with Gasteiger partial charge in [-0.1, -0.05) is 12.8 Å². The monoisotopic (exact) mass is 239 g/mol. The van der Waals surface area contributed by atoms with Crippen molar-refractivity contribution < 1.29 is 14.4 Å². The van der Waals surface area contributed by atoms with Crippen molar-refractivity contribution in [2.24, 2.45) is 5.92 Å². The topological polar surface area (TPSA) is 78.5 Å². The molecule has 0 spiro atoms. The Morgan fingerprint density at radius 3 is 2.65 bits per heavy atom. The lowest BCUT2D eigenvalue weighted by atomic mass is 10.1. The molecule has 6 heteroatoms. The highest BCUT2D eigenvalue weighted by molar-refractivity contribution is 6.01. The molecule has 94 valence electrons. The van der Waals surface area contributed by atoms with Gasteiger partial charge in [0.2, 0.25) is 11.8 Å². The number of nitrogens with zero attached hydrogens (tertiary/aromatic N) is 1. The van der Waals surface area contributed by atoms with Gasteiger partial charge in [0.1, 0.15) is 0 Å². The Morgan fingerprint density at radius 2 is 2.06 bits per heavy atom. The van der Waals surface area contributed by atoms with Crippen molar-refractivity contribution in [3.05, 3.63) is 0 Å². The third kappa shape index (κ3) is 2.75. The summed E-state index contributed by atoms with van der Waals surface area (Å²) in [5.41, 5.74) is 0. The maximum absolute atomic E-state index is 11.7. The minimum absolute atomic E-state index is 0.0505. The van der Waals surface area contributed by atoms with Crippen LogP contribution in [0, 0.1) is 5.92 Å². The van der Waals surface area contributed by atoms with Crippen molar-refractivity contribution in [1.82, 2.24) is 15.5 Å². The molecule has 2 rings (SSSR count). The summed E-state index contributed by atoms with van der Waals surface area (Å²) < 4.78 is 0. The Balaban J connectivity index is 1.70. The third-order valence-electron chi connectivity index (χ3n) is 3.30. The smallest absolute Gasteiger partial charge is 0.324 e. The first-order valence-electron chi connectivity index (χ1n) is 6.04. The zero-order valence-electron chi connectivity index (χ0n) is 9.70. The van der Waals surface area contributed by atoms with Gasteiger partial charge in [0, 0.05) is 19.0 Å². The Labute approximate surface area is 99.7 Å². The van der Waals surface area contributed by atoms with Crippen LogP contribution in [0.5, 0.6) is 0 Å². The highest BCUT2D eigenvalue weighted by Gasteiger charge is 2.28. The number of carbonyl (C=O) groups is 3. The molecule has 2 N–H and O–H groups in total. The second kappa shape index (κ2) is 5.16. The number of rotatable bonds is 4. The van der Waals surface area contributed by atoms with Crippen molar-refractivity contribution in [2.45, 2.75) is 25.7 Å². The van der Waals surface area contributed by atoms with Crippen LogP contribution >= 0.6 is 0 Å². The fraction of sp³-hybridized carbons (Fsp3) is 0.727. The van der Waals surface area contributed by atoms with Crippen LogP contribution in [0.2, 0.25) is 0 Å².